The minimum Gasteiger partial charge on any atom is -0.458 e. The summed E-state index contributed by atoms with van der Waals surface area (Å²) >= 11 is 3.23. The van der Waals surface area contributed by atoms with Crippen molar-refractivity contribution in [3.05, 3.63) is 28.5 Å². The number of ether oxygens (including phenoxy) is 1. The van der Waals surface area contributed by atoms with E-state index < -0.39 is 17.6 Å². The Balaban J connectivity index is 2.64. The van der Waals surface area contributed by atoms with Crippen molar-refractivity contribution < 1.29 is 14.3 Å². The Labute approximate surface area is 120 Å². The fourth-order valence-corrected chi connectivity index (χ4v) is 1.63. The van der Waals surface area contributed by atoms with Gasteiger partial charge < -0.3 is 10.1 Å². The minimum atomic E-state index is -0.717. The lowest BCUT2D eigenvalue weighted by Gasteiger charge is -2.22. The number of hydrogen-bond donors (Lipinski definition) is 1. The van der Waals surface area contributed by atoms with Crippen molar-refractivity contribution in [1.82, 2.24) is 10.3 Å². The van der Waals surface area contributed by atoms with Crippen molar-refractivity contribution in [2.24, 2.45) is 0 Å². The number of esters is 1. The van der Waals surface area contributed by atoms with Gasteiger partial charge in [0.2, 0.25) is 0 Å². The second kappa shape index (κ2) is 6.14. The van der Waals surface area contributed by atoms with Gasteiger partial charge in [-0.3, -0.25) is 9.78 Å². The van der Waals surface area contributed by atoms with Gasteiger partial charge in [-0.2, -0.15) is 0 Å². The molecule has 6 heteroatoms. The van der Waals surface area contributed by atoms with Crippen LogP contribution in [0.3, 0.4) is 0 Å². The fourth-order valence-electron chi connectivity index (χ4n) is 1.27. The third-order valence-electron chi connectivity index (χ3n) is 2.07. The van der Waals surface area contributed by atoms with E-state index in [4.69, 9.17) is 4.74 Å². The first-order valence-electron chi connectivity index (χ1n) is 5.83. The summed E-state index contributed by atoms with van der Waals surface area (Å²) in [5.41, 5.74) is -0.197. The van der Waals surface area contributed by atoms with Gasteiger partial charge >= 0.3 is 5.97 Å². The summed E-state index contributed by atoms with van der Waals surface area (Å²) in [4.78, 5) is 27.5. The number of nitrogens with one attached hydrogen (secondary N) is 1. The lowest BCUT2D eigenvalue weighted by Crippen LogP contribution is -2.42. The van der Waals surface area contributed by atoms with Crippen LogP contribution >= 0.6 is 15.9 Å². The van der Waals surface area contributed by atoms with Gasteiger partial charge in [-0.1, -0.05) is 0 Å². The normalized spacial score (nSPS) is 12.7. The molecule has 0 unspecified atom stereocenters. The molecular weight excluding hydrogens is 312 g/mol. The van der Waals surface area contributed by atoms with Gasteiger partial charge in [0, 0.05) is 16.9 Å². The van der Waals surface area contributed by atoms with E-state index in [1.807, 2.05) is 0 Å². The van der Waals surface area contributed by atoms with E-state index >= 15 is 0 Å². The molecule has 5 nitrogen and oxygen atoms in total. The molecule has 1 amide bonds. The van der Waals surface area contributed by atoms with E-state index in [2.05, 4.69) is 26.2 Å². The van der Waals surface area contributed by atoms with Crippen LogP contribution in [0.4, 0.5) is 0 Å². The number of aromatic nitrogens is 1. The zero-order valence-electron chi connectivity index (χ0n) is 11.4. The Morgan fingerprint density at radius 3 is 2.53 bits per heavy atom. The summed E-state index contributed by atoms with van der Waals surface area (Å²) in [5, 5.41) is 2.57. The number of halogens is 1. The van der Waals surface area contributed by atoms with E-state index in [9.17, 15) is 9.59 Å². The highest BCUT2D eigenvalue weighted by Crippen LogP contribution is 2.11. The van der Waals surface area contributed by atoms with Crippen LogP contribution in [0.1, 0.15) is 38.1 Å². The molecule has 1 N–H and O–H groups in total. The molecule has 0 spiro atoms. The average molecular weight is 329 g/mol. The van der Waals surface area contributed by atoms with Crippen molar-refractivity contribution >= 4 is 27.8 Å². The van der Waals surface area contributed by atoms with Gasteiger partial charge in [0.25, 0.3) is 5.91 Å². The molecule has 19 heavy (non-hydrogen) atoms. The highest BCUT2D eigenvalue weighted by molar-refractivity contribution is 9.10. The van der Waals surface area contributed by atoms with Gasteiger partial charge in [-0.25, -0.2) is 4.79 Å². The SMILES string of the molecule is C[C@H](NC(=O)c1cncc(Br)c1)C(=O)OC(C)(C)C. The Hall–Kier alpha value is -1.43. The number of carbonyl (C=O) groups is 2. The van der Waals surface area contributed by atoms with Crippen LogP contribution in [0.25, 0.3) is 0 Å². The minimum absolute atomic E-state index is 0.368. The number of amides is 1. The molecule has 0 bridgehead atoms. The average Bonchev–Trinajstić information content (AvgIpc) is 2.26. The van der Waals surface area contributed by atoms with Crippen molar-refractivity contribution in [3.8, 4) is 0 Å². The standard InChI is InChI=1S/C13H17BrN2O3/c1-8(12(18)19-13(2,3)4)16-11(17)9-5-10(14)7-15-6-9/h5-8H,1-4H3,(H,16,17)/t8-/m0/s1. The van der Waals surface area contributed by atoms with Crippen LogP contribution in [0.5, 0.6) is 0 Å². The molecule has 0 aromatic carbocycles. The zero-order chi connectivity index (χ0) is 14.6. The molecule has 1 atom stereocenters. The van der Waals surface area contributed by atoms with E-state index in [0.717, 1.165) is 0 Å². The third kappa shape index (κ3) is 5.38. The van der Waals surface area contributed by atoms with Crippen LogP contribution in [0, 0.1) is 0 Å². The summed E-state index contributed by atoms with van der Waals surface area (Å²) in [6.07, 6.45) is 3.01. The first-order chi connectivity index (χ1) is 8.69. The molecule has 1 rings (SSSR count). The first kappa shape index (κ1) is 15.6. The number of nitrogens with zero attached hydrogens (tertiary/aromatic N) is 1. The van der Waals surface area contributed by atoms with Gasteiger partial charge in [0.05, 0.1) is 5.56 Å². The van der Waals surface area contributed by atoms with E-state index in [-0.39, 0.29) is 5.91 Å². The van der Waals surface area contributed by atoms with E-state index in [0.29, 0.717) is 10.0 Å². The van der Waals surface area contributed by atoms with Crippen LogP contribution in [0.2, 0.25) is 0 Å². The Kier molecular flexibility index (Phi) is 5.05. The van der Waals surface area contributed by atoms with Crippen molar-refractivity contribution in [3.63, 3.8) is 0 Å². The molecule has 104 valence electrons. The maximum absolute atomic E-state index is 11.9. The van der Waals surface area contributed by atoms with Crippen LogP contribution in [-0.2, 0) is 9.53 Å². The second-order valence-electron chi connectivity index (χ2n) is 5.12. The molecule has 0 radical (unpaired) electrons. The third-order valence-corrected chi connectivity index (χ3v) is 2.51. The topological polar surface area (TPSA) is 68.3 Å². The molecule has 0 aliphatic carbocycles. The number of carbonyl (C=O) groups excluding carboxylic acids is 2. The Morgan fingerprint density at radius 1 is 1.37 bits per heavy atom. The summed E-state index contributed by atoms with van der Waals surface area (Å²) < 4.78 is 5.88. The Morgan fingerprint density at radius 2 is 2.00 bits per heavy atom. The molecule has 0 aliphatic rings. The van der Waals surface area contributed by atoms with Crippen LogP contribution in [-0.4, -0.2) is 28.5 Å². The molecular formula is C13H17BrN2O3. The monoisotopic (exact) mass is 328 g/mol. The van der Waals surface area contributed by atoms with Crippen LogP contribution < -0.4 is 5.32 Å². The van der Waals surface area contributed by atoms with Crippen molar-refractivity contribution in [2.45, 2.75) is 39.3 Å². The fraction of sp³-hybridized carbons (Fsp3) is 0.462. The summed E-state index contributed by atoms with van der Waals surface area (Å²) in [7, 11) is 0. The molecule has 0 fully saturated rings. The van der Waals surface area contributed by atoms with Gasteiger partial charge in [0.1, 0.15) is 11.6 Å². The molecule has 1 aromatic heterocycles. The summed E-state index contributed by atoms with van der Waals surface area (Å²) in [5.74, 6) is -0.837. The maximum atomic E-state index is 11.9. The van der Waals surface area contributed by atoms with Gasteiger partial charge in [0.15, 0.2) is 0 Å². The highest BCUT2D eigenvalue weighted by Gasteiger charge is 2.23. The molecule has 0 aliphatic heterocycles. The van der Waals surface area contributed by atoms with Gasteiger partial charge in [-0.15, -0.1) is 0 Å². The quantitative estimate of drug-likeness (QED) is 0.864. The summed E-state index contributed by atoms with van der Waals surface area (Å²) in [6.45, 7) is 6.91. The molecule has 1 aromatic rings. The Bertz CT molecular complexity index is 483. The van der Waals surface area contributed by atoms with Crippen LogP contribution in [0.15, 0.2) is 22.9 Å². The van der Waals surface area contributed by atoms with Crippen molar-refractivity contribution in [2.75, 3.05) is 0 Å². The van der Waals surface area contributed by atoms with Crippen molar-refractivity contribution in [1.29, 1.82) is 0 Å². The maximum Gasteiger partial charge on any atom is 0.328 e. The second-order valence-corrected chi connectivity index (χ2v) is 6.04. The first-order valence-corrected chi connectivity index (χ1v) is 6.62. The molecule has 0 saturated carbocycles. The lowest BCUT2D eigenvalue weighted by atomic mass is 10.2. The smallest absolute Gasteiger partial charge is 0.328 e. The highest BCUT2D eigenvalue weighted by atomic mass is 79.9. The van der Waals surface area contributed by atoms with Gasteiger partial charge in [-0.05, 0) is 49.7 Å². The largest absolute Gasteiger partial charge is 0.458 e. The van der Waals surface area contributed by atoms with E-state index in [1.54, 1.807) is 40.0 Å². The lowest BCUT2D eigenvalue weighted by molar-refractivity contribution is -0.156. The predicted molar refractivity (Wildman–Crippen MR) is 74.7 cm³/mol. The number of hydrogen-bond acceptors (Lipinski definition) is 4. The summed E-state index contributed by atoms with van der Waals surface area (Å²) in [6, 6.07) is 0.912. The number of rotatable bonds is 3. The number of pyridine rings is 1. The molecule has 0 saturated heterocycles. The van der Waals surface area contributed by atoms with E-state index in [1.165, 1.54) is 6.20 Å². The zero-order valence-corrected chi connectivity index (χ0v) is 12.9. The molecule has 1 heterocycles. The predicted octanol–water partition coefficient (Wildman–Crippen LogP) is 2.30.